The van der Waals surface area contributed by atoms with E-state index in [-0.39, 0.29) is 6.10 Å². The van der Waals surface area contributed by atoms with E-state index in [9.17, 15) is 4.79 Å². The first-order chi connectivity index (χ1) is 9.10. The van der Waals surface area contributed by atoms with Crippen LogP contribution in [-0.2, 0) is 9.53 Å². The topological polar surface area (TPSA) is 81.8 Å². The maximum absolute atomic E-state index is 10.8. The zero-order valence-corrected chi connectivity index (χ0v) is 11.5. The summed E-state index contributed by atoms with van der Waals surface area (Å²) < 4.78 is 10.6. The zero-order valence-electron chi connectivity index (χ0n) is 10.7. The molecule has 5 nitrogen and oxygen atoms in total. The van der Waals surface area contributed by atoms with Gasteiger partial charge in [0, 0.05) is 16.3 Å². The Hall–Kier alpha value is -1.40. The van der Waals surface area contributed by atoms with Crippen molar-refractivity contribution in [2.45, 2.75) is 29.9 Å². The van der Waals surface area contributed by atoms with Gasteiger partial charge in [0.25, 0.3) is 0 Å². The van der Waals surface area contributed by atoms with Crippen molar-refractivity contribution in [1.29, 1.82) is 0 Å². The Morgan fingerprint density at radius 1 is 1.58 bits per heavy atom. The van der Waals surface area contributed by atoms with Gasteiger partial charge in [-0.3, -0.25) is 0 Å². The minimum atomic E-state index is -0.881. The van der Waals surface area contributed by atoms with E-state index in [4.69, 9.17) is 20.3 Å². The molecule has 6 heteroatoms. The molecule has 1 aromatic carbocycles. The summed E-state index contributed by atoms with van der Waals surface area (Å²) in [6.07, 6.45) is 0.659. The molecule has 1 saturated heterocycles. The molecule has 0 bridgehead atoms. The second-order valence-electron chi connectivity index (χ2n) is 4.38. The van der Waals surface area contributed by atoms with Gasteiger partial charge in [-0.15, -0.1) is 11.8 Å². The average Bonchev–Trinajstić information content (AvgIpc) is 2.87. The lowest BCUT2D eigenvalue weighted by Crippen LogP contribution is -2.21. The highest BCUT2D eigenvalue weighted by Crippen LogP contribution is 2.32. The van der Waals surface area contributed by atoms with Crippen molar-refractivity contribution < 1.29 is 19.4 Å². The third kappa shape index (κ3) is 3.54. The first-order valence-corrected chi connectivity index (χ1v) is 7.03. The minimum Gasteiger partial charge on any atom is -0.497 e. The number of thioether (sulfide) groups is 1. The third-order valence-corrected chi connectivity index (χ3v) is 4.23. The van der Waals surface area contributed by atoms with Gasteiger partial charge in [-0.1, -0.05) is 0 Å². The monoisotopic (exact) mass is 283 g/mol. The van der Waals surface area contributed by atoms with E-state index in [1.54, 1.807) is 24.9 Å². The molecule has 1 aromatic rings. The highest BCUT2D eigenvalue weighted by atomic mass is 32.2. The Morgan fingerprint density at radius 3 is 3.00 bits per heavy atom. The molecular weight excluding hydrogens is 266 g/mol. The molecule has 0 aromatic heterocycles. The van der Waals surface area contributed by atoms with Crippen LogP contribution in [0.5, 0.6) is 5.75 Å². The smallest absolute Gasteiger partial charge is 0.332 e. The maximum Gasteiger partial charge on any atom is 0.332 e. The van der Waals surface area contributed by atoms with Gasteiger partial charge in [-0.05, 0) is 31.0 Å². The number of nitrogens with two attached hydrogens (primary N) is 1. The van der Waals surface area contributed by atoms with Crippen molar-refractivity contribution in [3.63, 3.8) is 0 Å². The van der Waals surface area contributed by atoms with Crippen molar-refractivity contribution in [2.24, 2.45) is 0 Å². The van der Waals surface area contributed by atoms with Gasteiger partial charge in [0.2, 0.25) is 0 Å². The lowest BCUT2D eigenvalue weighted by molar-refractivity contribution is -0.148. The van der Waals surface area contributed by atoms with Crippen molar-refractivity contribution in [1.82, 2.24) is 0 Å². The molecule has 2 unspecified atom stereocenters. The molecule has 0 spiro atoms. The van der Waals surface area contributed by atoms with Gasteiger partial charge in [-0.25, -0.2) is 4.79 Å². The molecular formula is C13H17NO4S. The van der Waals surface area contributed by atoms with Gasteiger partial charge in [0.05, 0.1) is 13.2 Å². The zero-order chi connectivity index (χ0) is 13.8. The number of rotatable bonds is 5. The van der Waals surface area contributed by atoms with Gasteiger partial charge < -0.3 is 20.3 Å². The van der Waals surface area contributed by atoms with Crippen molar-refractivity contribution in [3.05, 3.63) is 18.2 Å². The molecule has 19 heavy (non-hydrogen) atoms. The van der Waals surface area contributed by atoms with E-state index in [0.717, 1.165) is 17.1 Å². The molecule has 0 saturated carbocycles. The molecule has 0 radical (unpaired) electrons. The van der Waals surface area contributed by atoms with E-state index in [1.807, 2.05) is 12.1 Å². The van der Waals surface area contributed by atoms with Gasteiger partial charge in [0.15, 0.2) is 6.10 Å². The van der Waals surface area contributed by atoms with Crippen LogP contribution in [0.4, 0.5) is 5.69 Å². The molecule has 104 valence electrons. The van der Waals surface area contributed by atoms with Gasteiger partial charge in [0.1, 0.15) is 5.75 Å². The van der Waals surface area contributed by atoms with Crippen LogP contribution in [0.15, 0.2) is 23.1 Å². The Morgan fingerprint density at radius 2 is 2.37 bits per heavy atom. The summed E-state index contributed by atoms with van der Waals surface area (Å²) in [5.41, 5.74) is 6.59. The van der Waals surface area contributed by atoms with Crippen LogP contribution in [0.3, 0.4) is 0 Å². The summed E-state index contributed by atoms with van der Waals surface area (Å²) in [6.45, 7) is 0. The number of hydrogen-bond acceptors (Lipinski definition) is 5. The van der Waals surface area contributed by atoms with Crippen LogP contribution in [-0.4, -0.2) is 36.1 Å². The molecule has 1 heterocycles. The number of hydrogen-bond donors (Lipinski definition) is 2. The second-order valence-corrected chi connectivity index (χ2v) is 5.44. The molecule has 1 fully saturated rings. The number of carboxylic acids is 1. The Bertz CT molecular complexity index is 466. The van der Waals surface area contributed by atoms with Crippen LogP contribution < -0.4 is 10.5 Å². The fourth-order valence-electron chi connectivity index (χ4n) is 1.96. The fraction of sp³-hybridized carbons (Fsp3) is 0.462. The van der Waals surface area contributed by atoms with E-state index < -0.39 is 12.1 Å². The van der Waals surface area contributed by atoms with Gasteiger partial charge >= 0.3 is 5.97 Å². The summed E-state index contributed by atoms with van der Waals surface area (Å²) in [5.74, 6) is 0.571. The number of aliphatic carboxylic acids is 1. The molecule has 3 N–H and O–H groups in total. The predicted octanol–water partition coefficient (Wildman–Crippen LogP) is 2.00. The number of ether oxygens (including phenoxy) is 2. The second kappa shape index (κ2) is 6.16. The SMILES string of the molecule is COc1ccc(N)c(SCC2CCC(C(=O)O)O2)c1. The first kappa shape index (κ1) is 14.0. The Labute approximate surface area is 116 Å². The van der Waals surface area contributed by atoms with E-state index in [2.05, 4.69) is 0 Å². The third-order valence-electron chi connectivity index (χ3n) is 3.03. The minimum absolute atomic E-state index is 0.0308. The summed E-state index contributed by atoms with van der Waals surface area (Å²) in [5, 5.41) is 8.86. The fourth-order valence-corrected chi connectivity index (χ4v) is 3.00. The van der Waals surface area contributed by atoms with E-state index >= 15 is 0 Å². The Kier molecular flexibility index (Phi) is 4.55. The summed E-state index contributed by atoms with van der Waals surface area (Å²) in [6, 6.07) is 5.49. The van der Waals surface area contributed by atoms with Crippen LogP contribution in [0.2, 0.25) is 0 Å². The van der Waals surface area contributed by atoms with E-state index in [0.29, 0.717) is 17.9 Å². The number of carboxylic acid groups (broad SMARTS) is 1. The molecule has 2 rings (SSSR count). The average molecular weight is 283 g/mol. The summed E-state index contributed by atoms with van der Waals surface area (Å²) >= 11 is 1.56. The Balaban J connectivity index is 1.91. The number of carbonyl (C=O) groups is 1. The van der Waals surface area contributed by atoms with Crippen LogP contribution in [0.25, 0.3) is 0 Å². The van der Waals surface area contributed by atoms with Crippen molar-refractivity contribution in [3.8, 4) is 5.75 Å². The number of benzene rings is 1. The van der Waals surface area contributed by atoms with Crippen molar-refractivity contribution in [2.75, 3.05) is 18.6 Å². The van der Waals surface area contributed by atoms with Crippen LogP contribution in [0, 0.1) is 0 Å². The summed E-state index contributed by atoms with van der Waals surface area (Å²) in [4.78, 5) is 11.7. The first-order valence-electron chi connectivity index (χ1n) is 6.04. The predicted molar refractivity (Wildman–Crippen MR) is 73.7 cm³/mol. The molecule has 0 amide bonds. The molecule has 2 atom stereocenters. The summed E-state index contributed by atoms with van der Waals surface area (Å²) in [7, 11) is 1.61. The molecule has 1 aliphatic rings. The highest BCUT2D eigenvalue weighted by Gasteiger charge is 2.30. The van der Waals surface area contributed by atoms with Crippen LogP contribution in [0.1, 0.15) is 12.8 Å². The number of anilines is 1. The molecule has 1 aliphatic heterocycles. The highest BCUT2D eigenvalue weighted by molar-refractivity contribution is 7.99. The lowest BCUT2D eigenvalue weighted by Gasteiger charge is -2.12. The number of methoxy groups -OCH3 is 1. The standard InChI is InChI=1S/C13H17NO4S/c1-17-8-2-4-10(14)12(6-8)19-7-9-3-5-11(18-9)13(15)16/h2,4,6,9,11H,3,5,7,14H2,1H3,(H,15,16). The van der Waals surface area contributed by atoms with Crippen LogP contribution >= 0.6 is 11.8 Å². The van der Waals surface area contributed by atoms with Crippen molar-refractivity contribution >= 4 is 23.4 Å². The van der Waals surface area contributed by atoms with E-state index in [1.165, 1.54) is 0 Å². The largest absolute Gasteiger partial charge is 0.497 e. The quantitative estimate of drug-likeness (QED) is 0.635. The lowest BCUT2D eigenvalue weighted by atomic mass is 10.2. The normalized spacial score (nSPS) is 22.4. The van der Waals surface area contributed by atoms with Gasteiger partial charge in [-0.2, -0.15) is 0 Å². The maximum atomic E-state index is 10.8. The number of nitrogen functional groups attached to an aromatic ring is 1. The molecule has 0 aliphatic carbocycles.